The minimum Gasteiger partial charge on any atom is -0.544 e. The first-order valence-electron chi connectivity index (χ1n) is 11.6. The van der Waals surface area contributed by atoms with Gasteiger partial charge in [-0.25, -0.2) is 0 Å². The molecule has 0 saturated carbocycles. The van der Waals surface area contributed by atoms with Crippen molar-refractivity contribution in [1.29, 1.82) is 0 Å². The number of piperidine rings is 1. The third-order valence-corrected chi connectivity index (χ3v) is 11.5. The third-order valence-electron chi connectivity index (χ3n) is 6.92. The zero-order valence-electron chi connectivity index (χ0n) is 20.5. The topological polar surface area (TPSA) is 61.8 Å². The number of carbonyl (C=O) groups is 1. The Kier molecular flexibility index (Phi) is 7.94. The van der Waals surface area contributed by atoms with Crippen molar-refractivity contribution in [3.8, 4) is 5.75 Å². The van der Waals surface area contributed by atoms with E-state index in [1.807, 2.05) is 48.5 Å². The smallest absolute Gasteiger partial charge is 0.250 e. The van der Waals surface area contributed by atoms with Crippen LogP contribution in [0, 0.1) is 0 Å². The van der Waals surface area contributed by atoms with Gasteiger partial charge in [0.2, 0.25) is 14.2 Å². The van der Waals surface area contributed by atoms with E-state index in [1.54, 1.807) is 0 Å². The molecule has 0 bridgehead atoms. The molecule has 1 fully saturated rings. The lowest BCUT2D eigenvalue weighted by Crippen LogP contribution is -2.47. The fraction of sp³-hybridized carbons (Fsp3) is 0.500. The Morgan fingerprint density at radius 3 is 2.21 bits per heavy atom. The van der Waals surface area contributed by atoms with Gasteiger partial charge in [-0.2, -0.15) is 0 Å². The Morgan fingerprint density at radius 1 is 1.09 bits per heavy atom. The fourth-order valence-electron chi connectivity index (χ4n) is 3.74. The van der Waals surface area contributed by atoms with Crippen molar-refractivity contribution in [1.82, 2.24) is 4.90 Å². The molecule has 2 aromatic rings. The summed E-state index contributed by atoms with van der Waals surface area (Å²) >= 11 is 5.95. The van der Waals surface area contributed by atoms with Gasteiger partial charge in [0.25, 0.3) is 0 Å². The van der Waals surface area contributed by atoms with Crippen LogP contribution in [0.4, 0.5) is 5.69 Å². The van der Waals surface area contributed by atoms with E-state index in [1.165, 1.54) is 0 Å². The first-order chi connectivity index (χ1) is 15.4. The first-order valence-corrected chi connectivity index (χ1v) is 14.9. The number of nitrogens with zero attached hydrogens (tertiary/aromatic N) is 1. The molecule has 0 spiro atoms. The molecule has 1 aliphatic heterocycles. The van der Waals surface area contributed by atoms with Crippen LogP contribution in [0.2, 0.25) is 23.2 Å². The summed E-state index contributed by atoms with van der Waals surface area (Å²) in [7, 11) is -1.88. The van der Waals surface area contributed by atoms with Gasteiger partial charge in [0.15, 0.2) is 0 Å². The third kappa shape index (κ3) is 7.31. The van der Waals surface area contributed by atoms with Crippen LogP contribution in [0.1, 0.15) is 39.2 Å². The molecule has 5 nitrogen and oxygen atoms in total. The van der Waals surface area contributed by atoms with E-state index in [2.05, 4.69) is 44.1 Å². The Bertz CT molecular complexity index is 932. The second kappa shape index (κ2) is 10.2. The van der Waals surface area contributed by atoms with Crippen LogP contribution in [0.25, 0.3) is 0 Å². The van der Waals surface area contributed by atoms with E-state index < -0.39 is 13.9 Å². The molecular weight excluding hydrogens is 452 g/mol. The van der Waals surface area contributed by atoms with Crippen LogP contribution in [-0.4, -0.2) is 49.5 Å². The highest BCUT2D eigenvalue weighted by Gasteiger charge is 2.39. The van der Waals surface area contributed by atoms with E-state index in [0.717, 1.165) is 17.0 Å². The summed E-state index contributed by atoms with van der Waals surface area (Å²) in [6.45, 7) is 12.8. The maximum atomic E-state index is 12.6. The highest BCUT2D eigenvalue weighted by atomic mass is 35.5. The summed E-state index contributed by atoms with van der Waals surface area (Å²) < 4.78 is 6.30. The van der Waals surface area contributed by atoms with E-state index in [9.17, 15) is 9.90 Å². The SMILES string of the molecule is CC(C)(C)[Si](C)(C)Oc1ccc(NC(=O)CN2CCC(O)(Cc3ccc(Cl)cc3)CC2)cc1. The molecule has 3 rings (SSSR count). The summed E-state index contributed by atoms with van der Waals surface area (Å²) in [5.41, 5.74) is 1.11. The lowest BCUT2D eigenvalue weighted by molar-refractivity contribution is -0.118. The Labute approximate surface area is 204 Å². The number of likely N-dealkylation sites (tertiary alicyclic amines) is 1. The molecule has 1 aliphatic rings. The predicted octanol–water partition coefficient (Wildman–Crippen LogP) is 5.73. The number of amides is 1. The second-order valence-corrected chi connectivity index (χ2v) is 15.9. The van der Waals surface area contributed by atoms with E-state index in [-0.39, 0.29) is 10.9 Å². The van der Waals surface area contributed by atoms with Gasteiger partial charge >= 0.3 is 0 Å². The molecular formula is C26H37ClN2O3Si. The van der Waals surface area contributed by atoms with Gasteiger partial charge in [0.05, 0.1) is 12.1 Å². The summed E-state index contributed by atoms with van der Waals surface area (Å²) in [6, 6.07) is 15.3. The Hall–Kier alpha value is -1.86. The number of rotatable bonds is 7. The zero-order valence-corrected chi connectivity index (χ0v) is 22.2. The number of halogens is 1. The first kappa shape index (κ1) is 25.8. The van der Waals surface area contributed by atoms with Crippen LogP contribution in [0.5, 0.6) is 5.75 Å². The molecule has 1 amide bonds. The minimum absolute atomic E-state index is 0.0452. The van der Waals surface area contributed by atoms with E-state index >= 15 is 0 Å². The van der Waals surface area contributed by atoms with Crippen molar-refractivity contribution in [3.05, 3.63) is 59.1 Å². The van der Waals surface area contributed by atoms with Crippen molar-refractivity contribution in [2.45, 2.75) is 63.8 Å². The molecule has 0 radical (unpaired) electrons. The quantitative estimate of drug-likeness (QED) is 0.488. The molecule has 1 heterocycles. The fourth-order valence-corrected chi connectivity index (χ4v) is 4.90. The number of benzene rings is 2. The van der Waals surface area contributed by atoms with Gasteiger partial charge in [-0.1, -0.05) is 44.5 Å². The lowest BCUT2D eigenvalue weighted by atomic mass is 9.85. The molecule has 0 aromatic heterocycles. The Balaban J connectivity index is 1.46. The molecule has 33 heavy (non-hydrogen) atoms. The van der Waals surface area contributed by atoms with Crippen LogP contribution in [0.15, 0.2) is 48.5 Å². The standard InChI is InChI=1S/C26H37ClN2O3Si/c1-25(2,3)33(4,5)32-23-12-10-22(11-13-23)28-24(30)19-29-16-14-26(31,15-17-29)18-20-6-8-21(27)9-7-20/h6-13,31H,14-19H2,1-5H3,(H,28,30). The number of carbonyl (C=O) groups excluding carboxylic acids is 1. The van der Waals surface area contributed by atoms with Crippen molar-refractivity contribution in [2.75, 3.05) is 25.0 Å². The highest BCUT2D eigenvalue weighted by Crippen LogP contribution is 2.37. The van der Waals surface area contributed by atoms with Gasteiger partial charge in [-0.15, -0.1) is 0 Å². The average molecular weight is 489 g/mol. The average Bonchev–Trinajstić information content (AvgIpc) is 2.72. The Morgan fingerprint density at radius 2 is 1.67 bits per heavy atom. The minimum atomic E-state index is -1.88. The van der Waals surface area contributed by atoms with Crippen LogP contribution < -0.4 is 9.74 Å². The number of anilines is 1. The zero-order chi connectivity index (χ0) is 24.3. The summed E-state index contributed by atoms with van der Waals surface area (Å²) in [5, 5.41) is 14.8. The predicted molar refractivity (Wildman–Crippen MR) is 139 cm³/mol. The maximum absolute atomic E-state index is 12.6. The van der Waals surface area contributed by atoms with Crippen molar-refractivity contribution >= 4 is 31.5 Å². The number of aliphatic hydroxyl groups is 1. The largest absolute Gasteiger partial charge is 0.544 e. The molecule has 0 aliphatic carbocycles. The monoisotopic (exact) mass is 488 g/mol. The highest BCUT2D eigenvalue weighted by molar-refractivity contribution is 6.74. The molecule has 0 atom stereocenters. The van der Waals surface area contributed by atoms with Gasteiger partial charge in [0.1, 0.15) is 5.75 Å². The molecule has 180 valence electrons. The molecule has 2 aromatic carbocycles. The van der Waals surface area contributed by atoms with Gasteiger partial charge < -0.3 is 14.8 Å². The van der Waals surface area contributed by atoms with E-state index in [0.29, 0.717) is 43.9 Å². The maximum Gasteiger partial charge on any atom is 0.250 e. The van der Waals surface area contributed by atoms with Gasteiger partial charge in [-0.05, 0) is 72.9 Å². The molecule has 0 unspecified atom stereocenters. The normalized spacial score (nSPS) is 16.9. The van der Waals surface area contributed by atoms with Crippen LogP contribution in [-0.2, 0) is 11.2 Å². The van der Waals surface area contributed by atoms with Crippen molar-refractivity contribution in [2.24, 2.45) is 0 Å². The number of hydrogen-bond donors (Lipinski definition) is 2. The molecule has 1 saturated heterocycles. The lowest BCUT2D eigenvalue weighted by Gasteiger charge is -2.38. The van der Waals surface area contributed by atoms with Gasteiger partial charge in [0, 0.05) is 30.2 Å². The number of hydrogen-bond acceptors (Lipinski definition) is 4. The summed E-state index contributed by atoms with van der Waals surface area (Å²) in [4.78, 5) is 14.7. The van der Waals surface area contributed by atoms with E-state index in [4.69, 9.17) is 16.0 Å². The summed E-state index contributed by atoms with van der Waals surface area (Å²) in [5.74, 6) is 0.798. The summed E-state index contributed by atoms with van der Waals surface area (Å²) in [6.07, 6.45) is 1.89. The van der Waals surface area contributed by atoms with Crippen LogP contribution in [0.3, 0.4) is 0 Å². The molecule has 2 N–H and O–H groups in total. The van der Waals surface area contributed by atoms with Gasteiger partial charge in [-0.3, -0.25) is 9.69 Å². The second-order valence-electron chi connectivity index (χ2n) is 10.7. The van der Waals surface area contributed by atoms with Crippen molar-refractivity contribution < 1.29 is 14.3 Å². The molecule has 7 heteroatoms. The number of nitrogens with one attached hydrogen (secondary N) is 1. The van der Waals surface area contributed by atoms with Crippen LogP contribution >= 0.6 is 11.6 Å². The van der Waals surface area contributed by atoms with Crippen molar-refractivity contribution in [3.63, 3.8) is 0 Å².